The van der Waals surface area contributed by atoms with Crippen LogP contribution in [0.1, 0.15) is 125 Å². The van der Waals surface area contributed by atoms with Gasteiger partial charge in [0.2, 0.25) is 11.8 Å². The Morgan fingerprint density at radius 1 is 0.823 bits per heavy atom. The number of phosphoric ester groups is 1. The lowest BCUT2D eigenvalue weighted by molar-refractivity contribution is -0.161. The van der Waals surface area contributed by atoms with Gasteiger partial charge in [-0.25, -0.2) is 19.5 Å². The number of carbonyl (C=O) groups is 5. The minimum atomic E-state index is -5.08. The fraction of sp³-hybridized carbons (Fsp3) is 0.464. The number of pyridine rings is 3. The van der Waals surface area contributed by atoms with Crippen LogP contribution in [0.3, 0.4) is 0 Å². The molecule has 79 heavy (non-hydrogen) atoms. The van der Waals surface area contributed by atoms with Crippen LogP contribution in [-0.2, 0) is 38.1 Å². The van der Waals surface area contributed by atoms with Gasteiger partial charge >= 0.3 is 7.82 Å². The highest BCUT2D eigenvalue weighted by Gasteiger charge is 2.49. The Kier molecular flexibility index (Phi) is 13.0. The van der Waals surface area contributed by atoms with E-state index in [1.165, 1.54) is 17.5 Å². The third-order valence-corrected chi connectivity index (χ3v) is 17.1. The summed E-state index contributed by atoms with van der Waals surface area (Å²) in [7, 11) is -7.90. The highest BCUT2D eigenvalue weighted by atomic mass is 31.2. The molecule has 6 atom stereocenters. The van der Waals surface area contributed by atoms with Crippen molar-refractivity contribution in [2.24, 2.45) is 5.41 Å². The van der Waals surface area contributed by atoms with E-state index in [0.717, 1.165) is 68.5 Å². The van der Waals surface area contributed by atoms with Crippen LogP contribution in [0.5, 0.6) is 5.88 Å². The summed E-state index contributed by atoms with van der Waals surface area (Å²) >= 11 is 0. The second-order valence-corrected chi connectivity index (χ2v) is 23.6. The molecule has 5 amide bonds. The van der Waals surface area contributed by atoms with Crippen molar-refractivity contribution >= 4 is 66.1 Å². The highest BCUT2D eigenvalue weighted by molar-refractivity contribution is 7.46. The van der Waals surface area contributed by atoms with E-state index in [-0.39, 0.29) is 65.0 Å². The lowest BCUT2D eigenvalue weighted by Crippen LogP contribution is -2.58. The molecule has 22 nitrogen and oxygen atoms in total. The number of likely N-dealkylation sites (tertiary alicyclic amines) is 1. The van der Waals surface area contributed by atoms with Gasteiger partial charge in [0.15, 0.2) is 0 Å². The van der Waals surface area contributed by atoms with Gasteiger partial charge in [-0.3, -0.25) is 48.1 Å². The van der Waals surface area contributed by atoms with Crippen molar-refractivity contribution in [1.29, 1.82) is 0 Å². The SMILES string of the molecule is [2H]C([2H])([2H])Oc1ncc(-c2ccnc(N3CCn4c(cc5c4CC(C)(C)C5)C3=O)c2[C@@H](C)O)cc1Nc1ccc(N2CCN(C3CCN(c4ccc5c(c4)C(=O)N(C4CCC(=O)N(C(C)OP(=O)(O)O)C4=O)C5=O)[C@@H](C)C3)C[C@@H]2C)cn1. The third-order valence-electron chi connectivity index (χ3n) is 16.5. The molecule has 4 N–H and O–H groups in total. The summed E-state index contributed by atoms with van der Waals surface area (Å²) in [5, 5.41) is 14.6. The van der Waals surface area contributed by atoms with Crippen molar-refractivity contribution in [3.63, 3.8) is 0 Å². The number of amides is 5. The van der Waals surface area contributed by atoms with Gasteiger partial charge in [-0.15, -0.1) is 0 Å². The minimum Gasteiger partial charge on any atom is -0.480 e. The molecule has 5 aromatic rings. The standard InChI is InChI=1S/C56H66N11O11P/c1-31-22-37(15-17-62(31)38-8-10-41-42(25-38)53(71)67(52(41)70)44-11-13-48(69)66(55(44)73)34(4)78-79(74,75)76)61-18-19-63(32(2)30-61)39-9-12-47(58-29-39)60-43-23-36(28-59-51(43)77-7)40-14-16-57-50(49(40)33(3)68)65-21-20-64-45(54(65)72)24-35-26-56(5,6)27-46(35)64/h8-10,12,14,16,23-25,28-29,31-34,37,44,68H,11,13,15,17-22,26-27,30H2,1-7H3,(H,58,60)(H2,74,75,76)/t31-,32-,33+,34?,37?,44?/m0/s1/i7D3. The van der Waals surface area contributed by atoms with Gasteiger partial charge in [0, 0.05) is 98.7 Å². The maximum absolute atomic E-state index is 14.2. The lowest BCUT2D eigenvalue weighted by Gasteiger charge is -2.48. The van der Waals surface area contributed by atoms with E-state index < -0.39 is 56.9 Å². The number of methoxy groups -OCH3 is 1. The van der Waals surface area contributed by atoms with Crippen LogP contribution in [0.4, 0.5) is 28.7 Å². The molecule has 9 heterocycles. The number of carbonyl (C=O) groups excluding carboxylic acids is 5. The average Bonchev–Trinajstić information content (AvgIpc) is 4.04. The number of imide groups is 2. The van der Waals surface area contributed by atoms with Crippen LogP contribution in [0.25, 0.3) is 11.1 Å². The van der Waals surface area contributed by atoms with Gasteiger partial charge in [-0.1, -0.05) is 13.8 Å². The summed E-state index contributed by atoms with van der Waals surface area (Å²) in [6, 6.07) is 13.3. The Balaban J connectivity index is 0.737. The molecule has 3 fully saturated rings. The smallest absolute Gasteiger partial charge is 0.471 e. The summed E-state index contributed by atoms with van der Waals surface area (Å²) in [4.78, 5) is 111. The number of aliphatic hydroxyl groups is 1. The Bertz CT molecular complexity index is 3460. The normalized spacial score (nSPS) is 24.0. The molecule has 23 heteroatoms. The first-order valence-corrected chi connectivity index (χ1v) is 28.3. The van der Waals surface area contributed by atoms with Crippen LogP contribution < -0.4 is 24.8 Å². The second kappa shape index (κ2) is 20.5. The van der Waals surface area contributed by atoms with Crippen molar-refractivity contribution in [1.82, 2.24) is 34.2 Å². The zero-order valence-corrected chi connectivity index (χ0v) is 45.7. The predicted octanol–water partition coefficient (Wildman–Crippen LogP) is 6.07. The van der Waals surface area contributed by atoms with E-state index in [1.807, 2.05) is 12.1 Å². The van der Waals surface area contributed by atoms with Gasteiger partial charge < -0.3 is 39.3 Å². The molecule has 0 saturated carbocycles. The zero-order valence-electron chi connectivity index (χ0n) is 47.8. The Morgan fingerprint density at radius 3 is 2.32 bits per heavy atom. The molecule has 3 saturated heterocycles. The highest BCUT2D eigenvalue weighted by Crippen LogP contribution is 2.43. The monoisotopic (exact) mass is 1100 g/mol. The molecular weight excluding hydrogens is 1030 g/mol. The zero-order chi connectivity index (χ0) is 58.5. The Labute approximate surface area is 461 Å². The van der Waals surface area contributed by atoms with Crippen LogP contribution in [0, 0.1) is 5.41 Å². The van der Waals surface area contributed by atoms with E-state index in [0.29, 0.717) is 58.6 Å². The molecule has 5 aliphatic heterocycles. The molecule has 3 unspecified atom stereocenters. The number of phosphoric acid groups is 1. The summed E-state index contributed by atoms with van der Waals surface area (Å²) < 4.78 is 47.3. The number of piperazine rings is 1. The fourth-order valence-electron chi connectivity index (χ4n) is 12.9. The van der Waals surface area contributed by atoms with E-state index >= 15 is 0 Å². The third kappa shape index (κ3) is 9.96. The van der Waals surface area contributed by atoms with E-state index in [1.54, 1.807) is 60.6 Å². The molecule has 0 bridgehead atoms. The quantitative estimate of drug-likeness (QED) is 0.0771. The number of benzene rings is 1. The number of aliphatic hydroxyl groups excluding tert-OH is 1. The molecule has 0 spiro atoms. The molecule has 1 aliphatic carbocycles. The number of hydrogen-bond donors (Lipinski definition) is 4. The van der Waals surface area contributed by atoms with Gasteiger partial charge in [0.05, 0.1) is 40.3 Å². The maximum Gasteiger partial charge on any atom is 0.471 e. The minimum absolute atomic E-state index is 0.0602. The van der Waals surface area contributed by atoms with Crippen molar-refractivity contribution in [2.45, 2.75) is 123 Å². The number of ether oxygens (including phenoxy) is 1. The second-order valence-electron chi connectivity index (χ2n) is 22.4. The van der Waals surface area contributed by atoms with Gasteiger partial charge in [-0.2, -0.15) is 0 Å². The molecular formula is C56H66N11O11P. The summed E-state index contributed by atoms with van der Waals surface area (Å²) in [6.07, 6.45) is 5.22. The van der Waals surface area contributed by atoms with Crippen molar-refractivity contribution in [2.75, 3.05) is 59.8 Å². The number of nitrogens with one attached hydrogen (secondary N) is 1. The summed E-state index contributed by atoms with van der Waals surface area (Å²) in [5.41, 5.74) is 6.73. The number of hydrogen-bond acceptors (Lipinski definition) is 16. The first kappa shape index (κ1) is 50.2. The first-order chi connectivity index (χ1) is 38.7. The van der Waals surface area contributed by atoms with Crippen molar-refractivity contribution < 1.29 is 56.8 Å². The fourth-order valence-corrected chi connectivity index (χ4v) is 13.4. The van der Waals surface area contributed by atoms with Gasteiger partial charge in [0.1, 0.15) is 35.3 Å². The van der Waals surface area contributed by atoms with Crippen molar-refractivity contribution in [3.8, 4) is 17.0 Å². The molecule has 416 valence electrons. The van der Waals surface area contributed by atoms with Crippen LogP contribution in [0.2, 0.25) is 0 Å². The van der Waals surface area contributed by atoms with E-state index in [4.69, 9.17) is 13.8 Å². The Hall–Kier alpha value is -7.07. The topological polar surface area (TPSA) is 257 Å². The summed E-state index contributed by atoms with van der Waals surface area (Å²) in [5.74, 6) is -2.72. The first-order valence-electron chi connectivity index (χ1n) is 28.3. The summed E-state index contributed by atoms with van der Waals surface area (Å²) in [6.45, 7) is 15.4. The number of nitrogens with zero attached hydrogens (tertiary/aromatic N) is 10. The van der Waals surface area contributed by atoms with Crippen LogP contribution >= 0.6 is 7.82 Å². The van der Waals surface area contributed by atoms with Gasteiger partial charge in [-0.05, 0) is 125 Å². The number of fused-ring (bicyclic) bond motifs is 4. The molecule has 6 aliphatic rings. The van der Waals surface area contributed by atoms with Gasteiger partial charge in [0.25, 0.3) is 23.6 Å². The largest absolute Gasteiger partial charge is 0.480 e. The number of piperidine rings is 2. The van der Waals surface area contributed by atoms with Crippen molar-refractivity contribution in [3.05, 3.63) is 101 Å². The number of anilines is 5. The van der Waals surface area contributed by atoms with E-state index in [2.05, 4.69) is 66.8 Å². The maximum atomic E-state index is 14.2. The lowest BCUT2D eigenvalue weighted by atomic mass is 9.90. The molecule has 4 aromatic heterocycles. The molecule has 0 radical (unpaired) electrons. The number of aromatic nitrogens is 4. The Morgan fingerprint density at radius 2 is 1.59 bits per heavy atom. The number of rotatable bonds is 13. The molecule has 1 aromatic carbocycles. The van der Waals surface area contributed by atoms with Crippen LogP contribution in [0.15, 0.2) is 67.1 Å². The van der Waals surface area contributed by atoms with E-state index in [9.17, 15) is 43.4 Å². The average molecular weight is 1100 g/mol. The molecule has 11 rings (SSSR count). The van der Waals surface area contributed by atoms with Crippen LogP contribution in [-0.4, -0.2) is 149 Å². The predicted molar refractivity (Wildman–Crippen MR) is 292 cm³/mol.